The molecule has 0 bridgehead atoms. The Balaban J connectivity index is 2.15. The van der Waals surface area contributed by atoms with E-state index in [9.17, 15) is 4.79 Å². The number of rotatable bonds is 2. The van der Waals surface area contributed by atoms with Crippen molar-refractivity contribution in [3.8, 4) is 0 Å². The zero-order chi connectivity index (χ0) is 9.80. The van der Waals surface area contributed by atoms with E-state index in [1.165, 1.54) is 0 Å². The third-order valence-electron chi connectivity index (χ3n) is 1.96. The molecule has 1 aromatic carbocycles. The van der Waals surface area contributed by atoms with Crippen molar-refractivity contribution < 1.29 is 14.3 Å². The molecule has 3 nitrogen and oxygen atoms in total. The predicted octanol–water partition coefficient (Wildman–Crippen LogP) is 1.81. The fourth-order valence-electron chi connectivity index (χ4n) is 1.27. The maximum absolute atomic E-state index is 10.5. The van der Waals surface area contributed by atoms with Crippen LogP contribution < -0.4 is 0 Å². The highest BCUT2D eigenvalue weighted by Gasteiger charge is 2.17. The molecule has 0 fully saturated rings. The van der Waals surface area contributed by atoms with Crippen LogP contribution in [0.1, 0.15) is 11.9 Å². The Labute approximate surface area is 81.9 Å². The van der Waals surface area contributed by atoms with E-state index in [4.69, 9.17) is 9.47 Å². The Hall–Kier alpha value is -1.61. The lowest BCUT2D eigenvalue weighted by Gasteiger charge is -2.22. The molecule has 0 aliphatic carbocycles. The molecule has 0 aromatic heterocycles. The third kappa shape index (κ3) is 1.83. The molecule has 2 rings (SSSR count). The van der Waals surface area contributed by atoms with Crippen LogP contribution in [-0.2, 0) is 14.3 Å². The monoisotopic (exact) mass is 190 g/mol. The van der Waals surface area contributed by atoms with Gasteiger partial charge in [-0.25, -0.2) is 0 Å². The molecule has 3 heteroatoms. The molecule has 14 heavy (non-hydrogen) atoms. The summed E-state index contributed by atoms with van der Waals surface area (Å²) in [6.07, 6.45) is 1.85. The largest absolute Gasteiger partial charge is 0.457 e. The molecule has 0 spiro atoms. The second kappa shape index (κ2) is 4.07. The molecule has 72 valence electrons. The Kier molecular flexibility index (Phi) is 2.60. The molecule has 0 radical (unpaired) electrons. The topological polar surface area (TPSA) is 35.5 Å². The molecule has 1 aliphatic rings. The molecule has 1 atom stereocenters. The molecule has 0 N–H and O–H groups in total. The first-order chi connectivity index (χ1) is 6.90. The number of hydrogen-bond donors (Lipinski definition) is 0. The van der Waals surface area contributed by atoms with Crippen LogP contribution in [0.3, 0.4) is 0 Å². The van der Waals surface area contributed by atoms with Crippen LogP contribution in [0.5, 0.6) is 0 Å². The number of allylic oxidation sites excluding steroid dienone is 1. The van der Waals surface area contributed by atoms with Crippen molar-refractivity contribution in [3.63, 3.8) is 0 Å². The fourth-order valence-corrected chi connectivity index (χ4v) is 1.27. The average Bonchev–Trinajstić information content (AvgIpc) is 2.30. The lowest BCUT2D eigenvalue weighted by molar-refractivity contribution is -0.138. The number of benzene rings is 1. The molecule has 0 saturated heterocycles. The van der Waals surface area contributed by atoms with Gasteiger partial charge in [-0.1, -0.05) is 30.3 Å². The number of aldehydes is 1. The van der Waals surface area contributed by atoms with E-state index in [1.807, 2.05) is 30.3 Å². The quantitative estimate of drug-likeness (QED) is 0.667. The van der Waals surface area contributed by atoms with E-state index >= 15 is 0 Å². The summed E-state index contributed by atoms with van der Waals surface area (Å²) in [5.74, 6) is 0.338. The van der Waals surface area contributed by atoms with Gasteiger partial charge in [0.2, 0.25) is 6.29 Å². The van der Waals surface area contributed by atoms with Crippen LogP contribution in [-0.4, -0.2) is 12.9 Å². The van der Waals surface area contributed by atoms with Gasteiger partial charge in [0.1, 0.15) is 0 Å². The van der Waals surface area contributed by atoms with Crippen LogP contribution in [0.15, 0.2) is 42.2 Å². The molecule has 0 unspecified atom stereocenters. The van der Waals surface area contributed by atoms with Gasteiger partial charge in [-0.3, -0.25) is 4.79 Å². The van der Waals surface area contributed by atoms with E-state index in [-0.39, 0.29) is 0 Å². The lowest BCUT2D eigenvalue weighted by Crippen LogP contribution is -2.14. The van der Waals surface area contributed by atoms with Gasteiger partial charge in [-0.2, -0.15) is 0 Å². The van der Waals surface area contributed by atoms with Gasteiger partial charge in [0.25, 0.3) is 0 Å². The van der Waals surface area contributed by atoms with Crippen LogP contribution in [0.4, 0.5) is 0 Å². The standard InChI is InChI=1S/C11H10O3/c12-8-10-6-7-13-11(14-10)9-4-2-1-3-5-9/h1-6,8,11H,7H2/t11-/m0/s1. The van der Waals surface area contributed by atoms with Crippen molar-refractivity contribution in [2.45, 2.75) is 6.29 Å². The minimum Gasteiger partial charge on any atom is -0.457 e. The fraction of sp³-hybridized carbons (Fsp3) is 0.182. The molecule has 0 amide bonds. The zero-order valence-corrected chi connectivity index (χ0v) is 7.55. The summed E-state index contributed by atoms with van der Waals surface area (Å²) in [7, 11) is 0. The summed E-state index contributed by atoms with van der Waals surface area (Å²) in [5, 5.41) is 0. The Morgan fingerprint density at radius 2 is 2.07 bits per heavy atom. The molecule has 0 saturated carbocycles. The minimum absolute atomic E-state index is 0.338. The highest BCUT2D eigenvalue weighted by molar-refractivity contribution is 5.70. The van der Waals surface area contributed by atoms with Gasteiger partial charge in [0.05, 0.1) is 6.61 Å². The van der Waals surface area contributed by atoms with Crippen molar-refractivity contribution in [2.24, 2.45) is 0 Å². The number of carbonyl (C=O) groups excluding carboxylic acids is 1. The summed E-state index contributed by atoms with van der Waals surface area (Å²) in [5.41, 5.74) is 0.917. The van der Waals surface area contributed by atoms with Gasteiger partial charge >= 0.3 is 0 Å². The van der Waals surface area contributed by atoms with E-state index in [2.05, 4.69) is 0 Å². The highest BCUT2D eigenvalue weighted by atomic mass is 16.7. The smallest absolute Gasteiger partial charge is 0.227 e. The molecule has 1 heterocycles. The van der Waals surface area contributed by atoms with E-state index in [0.29, 0.717) is 18.7 Å². The van der Waals surface area contributed by atoms with Gasteiger partial charge in [0, 0.05) is 5.56 Å². The first-order valence-corrected chi connectivity index (χ1v) is 4.38. The Morgan fingerprint density at radius 3 is 2.79 bits per heavy atom. The van der Waals surface area contributed by atoms with E-state index < -0.39 is 6.29 Å². The minimum atomic E-state index is -0.457. The molecule has 1 aromatic rings. The van der Waals surface area contributed by atoms with E-state index in [0.717, 1.165) is 5.56 Å². The van der Waals surface area contributed by atoms with Crippen molar-refractivity contribution in [1.29, 1.82) is 0 Å². The first kappa shape index (κ1) is 8.97. The zero-order valence-electron chi connectivity index (χ0n) is 7.55. The normalized spacial score (nSPS) is 20.9. The van der Waals surface area contributed by atoms with Gasteiger partial charge in [-0.15, -0.1) is 0 Å². The third-order valence-corrected chi connectivity index (χ3v) is 1.96. The number of hydrogen-bond acceptors (Lipinski definition) is 3. The first-order valence-electron chi connectivity index (χ1n) is 4.38. The summed E-state index contributed by atoms with van der Waals surface area (Å²) >= 11 is 0. The van der Waals surface area contributed by atoms with Crippen LogP contribution in [0.2, 0.25) is 0 Å². The van der Waals surface area contributed by atoms with Gasteiger partial charge in [-0.05, 0) is 6.08 Å². The number of carbonyl (C=O) groups is 1. The van der Waals surface area contributed by atoms with Crippen LogP contribution in [0, 0.1) is 0 Å². The van der Waals surface area contributed by atoms with Crippen LogP contribution >= 0.6 is 0 Å². The predicted molar refractivity (Wildman–Crippen MR) is 50.4 cm³/mol. The average molecular weight is 190 g/mol. The van der Waals surface area contributed by atoms with E-state index in [1.54, 1.807) is 6.08 Å². The molecular weight excluding hydrogens is 180 g/mol. The summed E-state index contributed by atoms with van der Waals surface area (Å²) in [6, 6.07) is 9.53. The molecular formula is C11H10O3. The van der Waals surface area contributed by atoms with Crippen molar-refractivity contribution in [2.75, 3.05) is 6.61 Å². The maximum atomic E-state index is 10.5. The summed E-state index contributed by atoms with van der Waals surface area (Å²) < 4.78 is 10.6. The Bertz CT molecular complexity index is 343. The van der Waals surface area contributed by atoms with Gasteiger partial charge < -0.3 is 9.47 Å². The highest BCUT2D eigenvalue weighted by Crippen LogP contribution is 2.24. The SMILES string of the molecule is O=CC1=CCO[C@H](c2ccccc2)O1. The summed E-state index contributed by atoms with van der Waals surface area (Å²) in [6.45, 7) is 0.410. The van der Waals surface area contributed by atoms with Gasteiger partial charge in [0.15, 0.2) is 12.0 Å². The van der Waals surface area contributed by atoms with Crippen molar-refractivity contribution in [1.82, 2.24) is 0 Å². The summed E-state index contributed by atoms with van der Waals surface area (Å²) in [4.78, 5) is 10.5. The second-order valence-corrected chi connectivity index (χ2v) is 2.92. The second-order valence-electron chi connectivity index (χ2n) is 2.92. The van der Waals surface area contributed by atoms with Crippen molar-refractivity contribution >= 4 is 6.29 Å². The molecule has 1 aliphatic heterocycles. The van der Waals surface area contributed by atoms with Crippen molar-refractivity contribution in [3.05, 3.63) is 47.7 Å². The Morgan fingerprint density at radius 1 is 1.29 bits per heavy atom. The maximum Gasteiger partial charge on any atom is 0.227 e. The van der Waals surface area contributed by atoms with Crippen LogP contribution in [0.25, 0.3) is 0 Å². The number of ether oxygens (including phenoxy) is 2. The lowest BCUT2D eigenvalue weighted by atomic mass is 10.2.